The van der Waals surface area contributed by atoms with Crippen molar-refractivity contribution < 1.29 is 71.7 Å². The minimum absolute atomic E-state index is 0.0285. The van der Waals surface area contributed by atoms with Crippen molar-refractivity contribution >= 4 is 76.0 Å². The van der Waals surface area contributed by atoms with Gasteiger partial charge in [-0.15, -0.1) is 11.3 Å². The summed E-state index contributed by atoms with van der Waals surface area (Å²) in [5.74, 6) is -5.32. The van der Waals surface area contributed by atoms with Crippen LogP contribution in [-0.4, -0.2) is 247 Å². The zero-order chi connectivity index (χ0) is 84.9. The molecule has 3 saturated heterocycles. The monoisotopic (exact) mass is 1600 g/mol. The van der Waals surface area contributed by atoms with Crippen LogP contribution < -0.4 is 5.32 Å². The highest BCUT2D eigenvalue weighted by Gasteiger charge is 2.50. The number of thiazole rings is 1. The topological polar surface area (TPSA) is 272 Å². The molecule has 25 heteroatoms. The normalized spacial score (nSPS) is 20.4. The molecular weight excluding hydrogens is 1470 g/mol. The lowest BCUT2D eigenvalue weighted by Gasteiger charge is -2.41. The number of likely N-dealkylation sites (N-methyl/N-ethyl adjacent to an activating group) is 3. The Kier molecular flexibility index (Phi) is 37.3. The van der Waals surface area contributed by atoms with Gasteiger partial charge >= 0.3 is 5.97 Å². The molecule has 634 valence electrons. The van der Waals surface area contributed by atoms with E-state index in [4.69, 9.17) is 18.9 Å². The third-order valence-corrected chi connectivity index (χ3v) is 24.8. The van der Waals surface area contributed by atoms with E-state index < -0.39 is 89.8 Å². The fraction of sp³-hybridized carbons (Fsp3) is 0.685. The summed E-state index contributed by atoms with van der Waals surface area (Å²) < 4.78 is 23.6. The average Bonchev–Trinajstić information content (AvgIpc) is 1.55. The van der Waals surface area contributed by atoms with Crippen LogP contribution in [0.2, 0.25) is 0 Å². The van der Waals surface area contributed by atoms with Gasteiger partial charge in [-0.1, -0.05) is 171 Å². The van der Waals surface area contributed by atoms with E-state index in [1.54, 1.807) is 57.5 Å². The summed E-state index contributed by atoms with van der Waals surface area (Å²) in [6.45, 7) is 30.1. The maximum Gasteiger partial charge on any atom is 0.329 e. The average molecular weight is 1610 g/mol. The molecule has 5 heterocycles. The molecule has 0 radical (unpaired) electrons. The molecule has 1 aromatic heterocycles. The predicted octanol–water partition coefficient (Wildman–Crippen LogP) is 11.2. The number of nitrogens with zero attached hydrogens (tertiary/aromatic N) is 8. The van der Waals surface area contributed by atoms with E-state index in [1.165, 1.54) is 23.0 Å². The Morgan fingerprint density at radius 3 is 1.64 bits per heavy atom. The van der Waals surface area contributed by atoms with Crippen molar-refractivity contribution in [3.05, 3.63) is 100 Å². The number of ether oxygens (including phenoxy) is 4. The van der Waals surface area contributed by atoms with Gasteiger partial charge in [-0.25, -0.2) is 9.78 Å². The summed E-state index contributed by atoms with van der Waals surface area (Å²) >= 11 is 1.57. The second kappa shape index (κ2) is 44.7. The molecule has 0 spiro atoms. The lowest BCUT2D eigenvalue weighted by Crippen LogP contribution is -2.57. The van der Waals surface area contributed by atoms with Gasteiger partial charge in [-0.3, -0.25) is 62.6 Å². The summed E-state index contributed by atoms with van der Waals surface area (Å²) in [5, 5.41) is 5.85. The fourth-order valence-corrected chi connectivity index (χ4v) is 18.4. The Balaban J connectivity index is 0.000000356. The SMILES string of the molecule is CC[C@H](C)[C@@H]([C@@H](CC(=O)N1CCC[C@H]1[C@H](OC)[C@@H](C)C(=O)C[C@@H](Cc1ccccc1)c1nccs1)OC)N(C)C(=O)[C@@H](CC(=O)[C@H](C(C)C)N(C)C)C(C)C.COC1=CC(=O)N(C(=O)C(OC(=O)[C@@H]2CCCN2C(=O)[C@@H]2CCCN2C(=O)[C@@H](NC(=O)[C@@H](CC(=O)[C@H](C(C)C)N(C)C)C(C)C)C(C)C)C(C)C)[C@H]1Cc1ccccc1. The highest BCUT2D eigenvalue weighted by Crippen LogP contribution is 2.36. The van der Waals surface area contributed by atoms with Crippen LogP contribution in [0.4, 0.5) is 0 Å². The van der Waals surface area contributed by atoms with Gasteiger partial charge in [0.25, 0.3) is 11.8 Å². The molecule has 0 aliphatic carbocycles. The molecule has 1 unspecified atom stereocenters. The smallest absolute Gasteiger partial charge is 0.329 e. The first-order chi connectivity index (χ1) is 53.9. The van der Waals surface area contributed by atoms with Gasteiger partial charge in [0.1, 0.15) is 35.7 Å². The second-order valence-corrected chi connectivity index (χ2v) is 35.5. The molecule has 24 nitrogen and oxygen atoms in total. The van der Waals surface area contributed by atoms with Crippen molar-refractivity contribution in [2.45, 2.75) is 260 Å². The molecule has 4 aliphatic rings. The van der Waals surface area contributed by atoms with Crippen LogP contribution in [-0.2, 0) is 84.5 Å². The van der Waals surface area contributed by atoms with Crippen LogP contribution in [0, 0.1) is 59.2 Å². The van der Waals surface area contributed by atoms with Gasteiger partial charge in [0.15, 0.2) is 17.7 Å². The number of amides is 7. The number of likely N-dealkylation sites (tertiary alicyclic amines) is 3. The Hall–Kier alpha value is -7.58. The fourth-order valence-electron chi connectivity index (χ4n) is 17.6. The molecule has 16 atom stereocenters. The Labute approximate surface area is 684 Å². The van der Waals surface area contributed by atoms with E-state index >= 15 is 0 Å². The maximum absolute atomic E-state index is 14.3. The number of Topliss-reactive ketones (excluding diaryl/α,β-unsaturated/α-hetero) is 3. The Morgan fingerprint density at radius 1 is 0.596 bits per heavy atom. The van der Waals surface area contributed by atoms with E-state index in [9.17, 15) is 52.7 Å². The summed E-state index contributed by atoms with van der Waals surface area (Å²) in [6.07, 6.45) is 6.47. The van der Waals surface area contributed by atoms with Crippen molar-refractivity contribution in [1.82, 2.24) is 44.6 Å². The van der Waals surface area contributed by atoms with Crippen LogP contribution in [0.25, 0.3) is 0 Å². The molecule has 0 bridgehead atoms. The third kappa shape index (κ3) is 24.5. The van der Waals surface area contributed by atoms with E-state index in [-0.39, 0.29) is 132 Å². The first-order valence-corrected chi connectivity index (χ1v) is 42.5. The van der Waals surface area contributed by atoms with Crippen molar-refractivity contribution in [2.75, 3.05) is 76.2 Å². The number of hydrogen-bond acceptors (Lipinski definition) is 19. The Bertz CT molecular complexity index is 3660. The number of esters is 1. The summed E-state index contributed by atoms with van der Waals surface area (Å²) in [5.41, 5.74) is 2.05. The van der Waals surface area contributed by atoms with Crippen LogP contribution in [0.5, 0.6) is 0 Å². The Morgan fingerprint density at radius 2 is 1.14 bits per heavy atom. The van der Waals surface area contributed by atoms with E-state index in [0.29, 0.717) is 63.8 Å². The highest BCUT2D eigenvalue weighted by atomic mass is 32.1. The zero-order valence-electron chi connectivity index (χ0n) is 72.6. The predicted molar refractivity (Wildman–Crippen MR) is 443 cm³/mol. The van der Waals surface area contributed by atoms with Gasteiger partial charge < -0.3 is 43.9 Å². The highest BCUT2D eigenvalue weighted by molar-refractivity contribution is 7.09. The quantitative estimate of drug-likeness (QED) is 0.0517. The molecule has 114 heavy (non-hydrogen) atoms. The van der Waals surface area contributed by atoms with Gasteiger partial charge in [-0.05, 0) is 126 Å². The van der Waals surface area contributed by atoms with Crippen molar-refractivity contribution in [2.24, 2.45) is 59.2 Å². The summed E-state index contributed by atoms with van der Waals surface area (Å²) in [7, 11) is 14.0. The van der Waals surface area contributed by atoms with Crippen molar-refractivity contribution in [1.29, 1.82) is 0 Å². The van der Waals surface area contributed by atoms with Gasteiger partial charge in [0, 0.05) is 108 Å². The minimum Gasteiger partial charge on any atom is -0.499 e. The third-order valence-electron chi connectivity index (χ3n) is 23.9. The van der Waals surface area contributed by atoms with Crippen LogP contribution >= 0.6 is 11.3 Å². The van der Waals surface area contributed by atoms with Crippen LogP contribution in [0.15, 0.2) is 84.1 Å². The lowest BCUT2D eigenvalue weighted by atomic mass is 9.83. The number of rotatable bonds is 41. The number of nitrogens with one attached hydrogen (secondary N) is 1. The molecule has 4 aliphatic heterocycles. The molecule has 1 N–H and O–H groups in total. The van der Waals surface area contributed by atoms with Gasteiger partial charge in [0.05, 0.1) is 54.9 Å². The van der Waals surface area contributed by atoms with E-state index in [1.807, 2.05) is 173 Å². The number of benzene rings is 2. The summed E-state index contributed by atoms with van der Waals surface area (Å²) in [6, 6.07) is 14.8. The number of methoxy groups -OCH3 is 3. The van der Waals surface area contributed by atoms with Crippen LogP contribution in [0.3, 0.4) is 0 Å². The zero-order valence-corrected chi connectivity index (χ0v) is 73.4. The molecule has 7 amide bonds. The number of carbonyl (C=O) groups is 11. The standard InChI is InChI=1S/C45H67N5O9.C44H70N4O6S/c1-26(2)31(24-35(51)39(28(5)6)47(9)10)41(53)46-38(27(3)4)43(55)48-21-15-19-32(48)42(54)49-22-16-20-33(49)45(57)59-40(29(7)8)44(56)50-34(36(58-11)25-37(50)52)23-30-17-13-12-14-18-30;1-13-30(6)41(47(10)44(52)34(28(2)3)26-37(50)40(29(4)5)46(8)9)38(53-11)27-39(51)48-22-17-20-35(48)42(54-12)31(7)36(49)25-33(43-45-21-23-55-43)24-32-18-15-14-16-19-32/h12-14,17-18,25-29,31-34,38-40H,15-16,19-24H2,1-11H3,(H,46,53);14-16,18-19,21,23,28-31,33-35,38,40-42H,13,17,20,22,24-27H2,1-12H3/t31-,32-,33-,34-,38-,39-,40?;30-,31-,33+,34-,35-,38+,40-,41-,42+/m00/s1. The van der Waals surface area contributed by atoms with Gasteiger partial charge in [0.2, 0.25) is 29.5 Å². The number of carbonyl (C=O) groups excluding carboxylic acids is 11. The van der Waals surface area contributed by atoms with Crippen molar-refractivity contribution in [3.63, 3.8) is 0 Å². The number of imide groups is 1. The molecule has 3 fully saturated rings. The van der Waals surface area contributed by atoms with Gasteiger partial charge in [-0.2, -0.15) is 0 Å². The minimum atomic E-state index is -1.31. The molecule has 2 aromatic carbocycles. The number of hydrogen-bond donors (Lipinski definition) is 1. The largest absolute Gasteiger partial charge is 0.499 e. The molecular formula is C89H137N9O15S. The maximum atomic E-state index is 14.3. The van der Waals surface area contributed by atoms with E-state index in [2.05, 4.69) is 36.3 Å². The van der Waals surface area contributed by atoms with Crippen LogP contribution in [0.1, 0.15) is 197 Å². The molecule has 7 rings (SSSR count). The lowest BCUT2D eigenvalue weighted by molar-refractivity contribution is -0.170. The first kappa shape index (κ1) is 95.3. The number of ketones is 3. The first-order valence-electron chi connectivity index (χ1n) is 41.6. The van der Waals surface area contributed by atoms with E-state index in [0.717, 1.165) is 40.3 Å². The number of aromatic nitrogens is 1. The van der Waals surface area contributed by atoms with Crippen molar-refractivity contribution in [3.8, 4) is 0 Å². The second-order valence-electron chi connectivity index (χ2n) is 34.6. The molecule has 3 aromatic rings. The molecule has 0 saturated carbocycles. The summed E-state index contributed by atoms with van der Waals surface area (Å²) in [4.78, 5) is 170.